The Morgan fingerprint density at radius 1 is 1.00 bits per heavy atom. The van der Waals surface area contributed by atoms with E-state index in [1.54, 1.807) is 29.2 Å². The molecule has 3 aromatic rings. The summed E-state index contributed by atoms with van der Waals surface area (Å²) in [5.74, 6) is -0.531. The smallest absolute Gasteiger partial charge is 0.382 e. The monoisotopic (exact) mass is 505 g/mol. The second kappa shape index (κ2) is 9.30. The third kappa shape index (κ3) is 5.08. The second-order valence-corrected chi connectivity index (χ2v) is 9.73. The number of anilines is 2. The molecule has 184 valence electrons. The Bertz CT molecular complexity index is 1250. The van der Waals surface area contributed by atoms with E-state index in [4.69, 9.17) is 11.6 Å². The first-order valence-electron chi connectivity index (χ1n) is 11.7. The van der Waals surface area contributed by atoms with Gasteiger partial charge in [-0.15, -0.1) is 0 Å². The predicted molar refractivity (Wildman–Crippen MR) is 128 cm³/mol. The number of pyridine rings is 1. The van der Waals surface area contributed by atoms with Crippen molar-refractivity contribution in [1.29, 1.82) is 0 Å². The number of carbonyl (C=O) groups excluding carboxylic acids is 1. The maximum absolute atomic E-state index is 14.6. The SMILES string of the molecule is O=C(C1CC1)N(c1ccccc1F)C1CCC(Nc2cc(C(F)(F)F)nc3ccc(Cl)cc23)CC1. The Hall–Kier alpha value is -2.87. The first-order chi connectivity index (χ1) is 16.7. The molecule has 0 spiro atoms. The largest absolute Gasteiger partial charge is 0.433 e. The zero-order valence-electron chi connectivity index (χ0n) is 18.8. The zero-order valence-corrected chi connectivity index (χ0v) is 19.5. The summed E-state index contributed by atoms with van der Waals surface area (Å²) in [4.78, 5) is 18.4. The van der Waals surface area contributed by atoms with Gasteiger partial charge in [0.1, 0.15) is 11.5 Å². The van der Waals surface area contributed by atoms with Crippen LogP contribution < -0.4 is 10.2 Å². The van der Waals surface area contributed by atoms with E-state index in [2.05, 4.69) is 10.3 Å². The normalized spacial score (nSPS) is 20.6. The third-order valence-electron chi connectivity index (χ3n) is 6.76. The molecule has 4 nitrogen and oxygen atoms in total. The molecule has 0 radical (unpaired) electrons. The third-order valence-corrected chi connectivity index (χ3v) is 6.99. The van der Waals surface area contributed by atoms with E-state index in [-0.39, 0.29) is 29.4 Å². The first kappa shape index (κ1) is 23.9. The maximum Gasteiger partial charge on any atom is 0.433 e. The molecule has 2 aromatic carbocycles. The molecule has 2 saturated carbocycles. The summed E-state index contributed by atoms with van der Waals surface area (Å²) in [5.41, 5.74) is -0.135. The van der Waals surface area contributed by atoms with Crippen LogP contribution in [-0.2, 0) is 11.0 Å². The van der Waals surface area contributed by atoms with Crippen molar-refractivity contribution in [3.05, 3.63) is 65.1 Å². The van der Waals surface area contributed by atoms with Crippen LogP contribution in [0.2, 0.25) is 5.02 Å². The second-order valence-electron chi connectivity index (χ2n) is 9.30. The predicted octanol–water partition coefficient (Wildman–Crippen LogP) is 7.21. The molecule has 0 atom stereocenters. The molecule has 5 rings (SSSR count). The van der Waals surface area contributed by atoms with Gasteiger partial charge in [0.2, 0.25) is 5.91 Å². The van der Waals surface area contributed by atoms with E-state index in [9.17, 15) is 22.4 Å². The van der Waals surface area contributed by atoms with Gasteiger partial charge in [-0.3, -0.25) is 4.79 Å². The van der Waals surface area contributed by atoms with Gasteiger partial charge in [-0.05, 0) is 74.9 Å². The lowest BCUT2D eigenvalue weighted by Crippen LogP contribution is -2.45. The number of aromatic nitrogens is 1. The standard InChI is InChI=1S/C26H24ClF4N3O/c27-16-7-12-21-19(13-16)22(14-24(33-21)26(29,30)31)32-17-8-10-18(11-9-17)34(25(35)15-5-6-15)23-4-2-1-3-20(23)28/h1-4,7,12-15,17-18H,5-6,8-11H2,(H,32,33). The highest BCUT2D eigenvalue weighted by atomic mass is 35.5. The van der Waals surface area contributed by atoms with E-state index in [0.717, 1.165) is 18.9 Å². The quantitative estimate of drug-likeness (QED) is 0.372. The average molecular weight is 506 g/mol. The van der Waals surface area contributed by atoms with E-state index in [0.29, 0.717) is 47.5 Å². The zero-order chi connectivity index (χ0) is 24.7. The molecule has 1 amide bonds. The Labute approximate surface area is 205 Å². The van der Waals surface area contributed by atoms with Crippen LogP contribution >= 0.6 is 11.6 Å². The minimum absolute atomic E-state index is 0.0453. The number of halogens is 5. The van der Waals surface area contributed by atoms with Gasteiger partial charge in [0.25, 0.3) is 0 Å². The number of amides is 1. The lowest BCUT2D eigenvalue weighted by atomic mass is 9.89. The summed E-state index contributed by atoms with van der Waals surface area (Å²) in [5, 5.41) is 4.19. The summed E-state index contributed by atoms with van der Waals surface area (Å²) < 4.78 is 55.0. The van der Waals surface area contributed by atoms with Crippen LogP contribution in [0.3, 0.4) is 0 Å². The van der Waals surface area contributed by atoms with Crippen molar-refractivity contribution in [3.8, 4) is 0 Å². The summed E-state index contributed by atoms with van der Waals surface area (Å²) in [6.45, 7) is 0. The Kier molecular flexibility index (Phi) is 6.34. The Morgan fingerprint density at radius 3 is 2.37 bits per heavy atom. The molecule has 1 heterocycles. The first-order valence-corrected chi connectivity index (χ1v) is 12.1. The minimum Gasteiger partial charge on any atom is -0.382 e. The maximum atomic E-state index is 14.6. The summed E-state index contributed by atoms with van der Waals surface area (Å²) in [6.07, 6.45) is -0.468. The summed E-state index contributed by atoms with van der Waals surface area (Å²) >= 11 is 6.10. The fourth-order valence-corrected chi connectivity index (χ4v) is 5.00. The van der Waals surface area contributed by atoms with Crippen LogP contribution in [0.4, 0.5) is 28.9 Å². The molecule has 2 aliphatic rings. The number of hydrogen-bond donors (Lipinski definition) is 1. The fraction of sp³-hybridized carbons (Fsp3) is 0.385. The van der Waals surface area contributed by atoms with Gasteiger partial charge in [-0.25, -0.2) is 9.37 Å². The molecule has 35 heavy (non-hydrogen) atoms. The number of benzene rings is 2. The number of carbonyl (C=O) groups is 1. The average Bonchev–Trinajstić information content (AvgIpc) is 3.67. The van der Waals surface area contributed by atoms with Crippen molar-refractivity contribution in [2.75, 3.05) is 10.2 Å². The van der Waals surface area contributed by atoms with Crippen molar-refractivity contribution in [1.82, 2.24) is 4.98 Å². The molecule has 1 aromatic heterocycles. The van der Waals surface area contributed by atoms with Crippen LogP contribution in [0.25, 0.3) is 10.9 Å². The lowest BCUT2D eigenvalue weighted by Gasteiger charge is -2.38. The summed E-state index contributed by atoms with van der Waals surface area (Å²) in [6, 6.07) is 11.7. The number of rotatable bonds is 5. The van der Waals surface area contributed by atoms with Crippen LogP contribution in [0.15, 0.2) is 48.5 Å². The van der Waals surface area contributed by atoms with Crippen LogP contribution in [0.1, 0.15) is 44.2 Å². The Morgan fingerprint density at radius 2 is 1.71 bits per heavy atom. The number of para-hydroxylation sites is 1. The number of hydrogen-bond acceptors (Lipinski definition) is 3. The molecular weight excluding hydrogens is 482 g/mol. The minimum atomic E-state index is -4.58. The molecule has 0 aliphatic heterocycles. The molecule has 0 unspecified atom stereocenters. The molecule has 0 saturated heterocycles. The van der Waals surface area contributed by atoms with Gasteiger partial charge in [0.15, 0.2) is 0 Å². The highest BCUT2D eigenvalue weighted by Crippen LogP contribution is 2.39. The van der Waals surface area contributed by atoms with Crippen molar-refractivity contribution in [3.63, 3.8) is 0 Å². The highest BCUT2D eigenvalue weighted by Gasteiger charge is 2.39. The highest BCUT2D eigenvalue weighted by molar-refractivity contribution is 6.31. The van der Waals surface area contributed by atoms with Gasteiger partial charge in [-0.1, -0.05) is 23.7 Å². The van der Waals surface area contributed by atoms with E-state index in [1.807, 2.05) is 0 Å². The van der Waals surface area contributed by atoms with Gasteiger partial charge in [-0.2, -0.15) is 13.2 Å². The Balaban J connectivity index is 1.36. The van der Waals surface area contributed by atoms with Gasteiger partial charge >= 0.3 is 6.18 Å². The molecule has 1 N–H and O–H groups in total. The van der Waals surface area contributed by atoms with Crippen LogP contribution in [0, 0.1) is 11.7 Å². The van der Waals surface area contributed by atoms with Crippen LogP contribution in [0.5, 0.6) is 0 Å². The van der Waals surface area contributed by atoms with Crippen molar-refractivity contribution in [2.45, 2.75) is 56.8 Å². The number of fused-ring (bicyclic) bond motifs is 1. The fourth-order valence-electron chi connectivity index (χ4n) is 4.83. The number of nitrogens with one attached hydrogen (secondary N) is 1. The van der Waals surface area contributed by atoms with E-state index in [1.165, 1.54) is 18.2 Å². The number of alkyl halides is 3. The molecule has 2 fully saturated rings. The van der Waals surface area contributed by atoms with Gasteiger partial charge in [0, 0.05) is 34.1 Å². The topological polar surface area (TPSA) is 45.2 Å². The van der Waals surface area contributed by atoms with E-state index < -0.39 is 17.7 Å². The molecule has 0 bridgehead atoms. The van der Waals surface area contributed by atoms with Crippen molar-refractivity contribution in [2.24, 2.45) is 5.92 Å². The lowest BCUT2D eigenvalue weighted by molar-refractivity contribution is -0.140. The van der Waals surface area contributed by atoms with Crippen molar-refractivity contribution >= 4 is 39.8 Å². The molecular formula is C26H24ClF4N3O. The molecule has 9 heteroatoms. The summed E-state index contributed by atoms with van der Waals surface area (Å²) in [7, 11) is 0. The number of nitrogens with zero attached hydrogens (tertiary/aromatic N) is 2. The van der Waals surface area contributed by atoms with E-state index >= 15 is 0 Å². The van der Waals surface area contributed by atoms with Gasteiger partial charge in [0.05, 0.1) is 11.2 Å². The molecule has 2 aliphatic carbocycles. The van der Waals surface area contributed by atoms with Gasteiger partial charge < -0.3 is 10.2 Å². The van der Waals surface area contributed by atoms with Crippen LogP contribution in [-0.4, -0.2) is 23.0 Å². The van der Waals surface area contributed by atoms with Crippen molar-refractivity contribution < 1.29 is 22.4 Å².